The number of aryl methyl sites for hydroxylation is 1. The number of hydrogen-bond donors (Lipinski definition) is 2. The summed E-state index contributed by atoms with van der Waals surface area (Å²) in [6.07, 6.45) is 3.78. The first-order valence-electron chi connectivity index (χ1n) is 11.0. The molecule has 4 aromatic rings. The Labute approximate surface area is 210 Å². The van der Waals surface area contributed by atoms with Gasteiger partial charge in [-0.05, 0) is 68.0 Å². The number of carbonyl (C=O) groups excluding carboxylic acids is 2. The number of thiophene rings is 1. The van der Waals surface area contributed by atoms with Gasteiger partial charge in [-0.1, -0.05) is 41.4 Å². The molecule has 0 saturated heterocycles. The van der Waals surface area contributed by atoms with Crippen molar-refractivity contribution < 1.29 is 9.59 Å². The Balaban J connectivity index is 1.66. The van der Waals surface area contributed by atoms with Gasteiger partial charge >= 0.3 is 0 Å². The second-order valence-electron chi connectivity index (χ2n) is 8.34. The molecule has 0 atom stereocenters. The van der Waals surface area contributed by atoms with E-state index in [1.54, 1.807) is 18.2 Å². The molecule has 2 heterocycles. The molecule has 3 N–H and O–H groups in total. The monoisotopic (exact) mass is 509 g/mol. The van der Waals surface area contributed by atoms with Gasteiger partial charge in [-0.15, -0.1) is 11.3 Å². The van der Waals surface area contributed by atoms with Crippen LogP contribution in [-0.4, -0.2) is 16.8 Å². The van der Waals surface area contributed by atoms with Gasteiger partial charge in [0.2, 0.25) is 0 Å². The first-order valence-corrected chi connectivity index (χ1v) is 12.5. The van der Waals surface area contributed by atoms with E-state index >= 15 is 0 Å². The minimum atomic E-state index is -0.514. The molecule has 0 saturated carbocycles. The van der Waals surface area contributed by atoms with Crippen LogP contribution >= 0.6 is 34.5 Å². The van der Waals surface area contributed by atoms with Crippen molar-refractivity contribution in [3.05, 3.63) is 79.6 Å². The zero-order chi connectivity index (χ0) is 24.0. The molecule has 5 nitrogen and oxygen atoms in total. The number of anilines is 1. The van der Waals surface area contributed by atoms with Crippen molar-refractivity contribution in [1.82, 2.24) is 4.98 Å². The number of nitrogens with zero attached hydrogens (tertiary/aromatic N) is 1. The minimum absolute atomic E-state index is 0.316. The van der Waals surface area contributed by atoms with Crippen LogP contribution in [0.15, 0.2) is 42.5 Å². The highest BCUT2D eigenvalue weighted by Crippen LogP contribution is 2.39. The average Bonchev–Trinajstić information content (AvgIpc) is 3.17. The lowest BCUT2D eigenvalue weighted by molar-refractivity contribution is 0.100. The summed E-state index contributed by atoms with van der Waals surface area (Å²) in [4.78, 5) is 31.9. The topological polar surface area (TPSA) is 85.1 Å². The van der Waals surface area contributed by atoms with Gasteiger partial charge in [0.1, 0.15) is 5.00 Å². The number of primary amides is 1. The summed E-state index contributed by atoms with van der Waals surface area (Å²) in [6, 6.07) is 12.7. The smallest absolute Gasteiger partial charge is 0.257 e. The van der Waals surface area contributed by atoms with Crippen molar-refractivity contribution in [2.75, 3.05) is 5.32 Å². The maximum atomic E-state index is 13.7. The molecule has 5 rings (SSSR count). The molecule has 0 spiro atoms. The number of para-hydroxylation sites is 1. The number of halogens is 2. The number of benzene rings is 2. The summed E-state index contributed by atoms with van der Waals surface area (Å²) < 4.78 is 0. The molecule has 2 aromatic heterocycles. The fourth-order valence-corrected chi connectivity index (χ4v) is 6.41. The lowest BCUT2D eigenvalue weighted by Gasteiger charge is -2.16. The summed E-state index contributed by atoms with van der Waals surface area (Å²) in [5.41, 5.74) is 10.3. The van der Waals surface area contributed by atoms with E-state index in [0.717, 1.165) is 36.1 Å². The van der Waals surface area contributed by atoms with Crippen LogP contribution in [0.3, 0.4) is 0 Å². The van der Waals surface area contributed by atoms with Crippen LogP contribution in [0.25, 0.3) is 22.2 Å². The van der Waals surface area contributed by atoms with Gasteiger partial charge in [0.15, 0.2) is 0 Å². The molecule has 1 aliphatic carbocycles. The number of rotatable bonds is 4. The van der Waals surface area contributed by atoms with E-state index in [4.69, 9.17) is 33.9 Å². The Kier molecular flexibility index (Phi) is 6.06. The predicted molar refractivity (Wildman–Crippen MR) is 139 cm³/mol. The van der Waals surface area contributed by atoms with Gasteiger partial charge in [-0.25, -0.2) is 4.98 Å². The first kappa shape index (κ1) is 22.8. The second-order valence-corrected chi connectivity index (χ2v) is 10.3. The van der Waals surface area contributed by atoms with Gasteiger partial charge in [0.25, 0.3) is 11.8 Å². The summed E-state index contributed by atoms with van der Waals surface area (Å²) in [5.74, 6) is -0.830. The van der Waals surface area contributed by atoms with E-state index < -0.39 is 5.91 Å². The molecule has 0 bridgehead atoms. The number of nitrogens with one attached hydrogen (secondary N) is 1. The maximum Gasteiger partial charge on any atom is 0.257 e. The van der Waals surface area contributed by atoms with Crippen molar-refractivity contribution in [3.63, 3.8) is 0 Å². The lowest BCUT2D eigenvalue weighted by atomic mass is 9.95. The minimum Gasteiger partial charge on any atom is -0.365 e. The van der Waals surface area contributed by atoms with Gasteiger partial charge in [-0.3, -0.25) is 9.59 Å². The number of carbonyl (C=O) groups is 2. The Bertz CT molecular complexity index is 1480. The molecular formula is C26H21Cl2N3O2S. The Morgan fingerprint density at radius 2 is 1.82 bits per heavy atom. The second kappa shape index (κ2) is 9.02. The predicted octanol–water partition coefficient (Wildman–Crippen LogP) is 6.81. The van der Waals surface area contributed by atoms with Crippen molar-refractivity contribution in [2.24, 2.45) is 5.73 Å². The van der Waals surface area contributed by atoms with E-state index in [1.807, 2.05) is 31.2 Å². The Morgan fingerprint density at radius 1 is 1.06 bits per heavy atom. The van der Waals surface area contributed by atoms with Crippen LogP contribution in [0, 0.1) is 6.92 Å². The van der Waals surface area contributed by atoms with Crippen molar-refractivity contribution in [2.45, 2.75) is 32.6 Å². The van der Waals surface area contributed by atoms with Crippen molar-refractivity contribution in [3.8, 4) is 11.3 Å². The standard InChI is InChI=1S/C26H21Cl2N3O2S/c1-13-21(25(33)31-26-22(24(29)32)17-7-3-5-9-20(17)34-26)16-6-2-4-8-19(16)30-23(13)15-11-10-14(27)12-18(15)28/h2,4,6,8,10-12H,3,5,7,9H2,1H3,(H2,29,32)(H,31,33). The van der Waals surface area contributed by atoms with E-state index in [2.05, 4.69) is 5.32 Å². The third-order valence-electron chi connectivity index (χ3n) is 6.19. The average molecular weight is 510 g/mol. The number of aromatic nitrogens is 1. The van der Waals surface area contributed by atoms with E-state index in [9.17, 15) is 9.59 Å². The first-order chi connectivity index (χ1) is 16.3. The number of amides is 2. The third kappa shape index (κ3) is 3.96. The highest BCUT2D eigenvalue weighted by atomic mass is 35.5. The summed E-state index contributed by atoms with van der Waals surface area (Å²) in [5, 5.41) is 5.19. The maximum absolute atomic E-state index is 13.7. The SMILES string of the molecule is Cc1c(-c2ccc(Cl)cc2Cl)nc2ccccc2c1C(=O)Nc1sc2c(c1C(N)=O)CCCC2. The molecule has 0 radical (unpaired) electrons. The molecule has 8 heteroatoms. The van der Waals surface area contributed by atoms with Crippen LogP contribution in [-0.2, 0) is 12.8 Å². The van der Waals surface area contributed by atoms with Gasteiger partial charge < -0.3 is 11.1 Å². The normalized spacial score (nSPS) is 13.0. The Hall–Kier alpha value is -2.93. The van der Waals surface area contributed by atoms with Crippen molar-refractivity contribution in [1.29, 1.82) is 0 Å². The fourth-order valence-electron chi connectivity index (χ4n) is 4.62. The fraction of sp³-hybridized carbons (Fsp3) is 0.192. The summed E-state index contributed by atoms with van der Waals surface area (Å²) in [6.45, 7) is 1.85. The number of pyridine rings is 1. The van der Waals surface area contributed by atoms with Crippen molar-refractivity contribution >= 4 is 62.3 Å². The van der Waals surface area contributed by atoms with E-state index in [-0.39, 0.29) is 5.91 Å². The summed E-state index contributed by atoms with van der Waals surface area (Å²) in [7, 11) is 0. The quantitative estimate of drug-likeness (QED) is 0.316. The van der Waals surface area contributed by atoms with Crippen LogP contribution in [0.5, 0.6) is 0 Å². The molecule has 34 heavy (non-hydrogen) atoms. The highest BCUT2D eigenvalue weighted by Gasteiger charge is 2.27. The lowest BCUT2D eigenvalue weighted by Crippen LogP contribution is -2.19. The molecule has 0 unspecified atom stereocenters. The zero-order valence-corrected chi connectivity index (χ0v) is 20.7. The molecule has 1 aliphatic rings. The molecular weight excluding hydrogens is 489 g/mol. The Morgan fingerprint density at radius 3 is 2.59 bits per heavy atom. The number of fused-ring (bicyclic) bond motifs is 2. The molecule has 2 amide bonds. The largest absolute Gasteiger partial charge is 0.365 e. The van der Waals surface area contributed by atoms with Crippen LogP contribution in [0.2, 0.25) is 10.0 Å². The van der Waals surface area contributed by atoms with Gasteiger partial charge in [-0.2, -0.15) is 0 Å². The van der Waals surface area contributed by atoms with Crippen LogP contribution in [0.4, 0.5) is 5.00 Å². The third-order valence-corrected chi connectivity index (χ3v) is 7.95. The van der Waals surface area contributed by atoms with Crippen LogP contribution < -0.4 is 11.1 Å². The van der Waals surface area contributed by atoms with Gasteiger partial charge in [0.05, 0.1) is 27.4 Å². The molecule has 0 fully saturated rings. The van der Waals surface area contributed by atoms with E-state index in [0.29, 0.717) is 53.9 Å². The van der Waals surface area contributed by atoms with Gasteiger partial charge in [0, 0.05) is 20.8 Å². The van der Waals surface area contributed by atoms with Crippen LogP contribution in [0.1, 0.15) is 49.6 Å². The molecule has 2 aromatic carbocycles. The molecule has 0 aliphatic heterocycles. The van der Waals surface area contributed by atoms with E-state index in [1.165, 1.54) is 11.3 Å². The molecule has 172 valence electrons. The number of nitrogens with two attached hydrogens (primary N) is 1. The number of hydrogen-bond acceptors (Lipinski definition) is 4. The zero-order valence-electron chi connectivity index (χ0n) is 18.4. The highest BCUT2D eigenvalue weighted by molar-refractivity contribution is 7.17. The summed E-state index contributed by atoms with van der Waals surface area (Å²) >= 11 is 14.0.